The average Bonchev–Trinajstić information content (AvgIpc) is 2.38. The number of piperidine rings is 1. The van der Waals surface area contributed by atoms with Crippen molar-refractivity contribution in [3.63, 3.8) is 0 Å². The molecule has 0 bridgehead atoms. The van der Waals surface area contributed by atoms with Crippen LogP contribution in [0, 0.1) is 24.2 Å². The Morgan fingerprint density at radius 1 is 1.61 bits per heavy atom. The van der Waals surface area contributed by atoms with Gasteiger partial charge in [0.15, 0.2) is 0 Å². The fourth-order valence-corrected chi connectivity index (χ4v) is 2.23. The summed E-state index contributed by atoms with van der Waals surface area (Å²) >= 11 is 0. The first kappa shape index (κ1) is 12.4. The number of hydrogen-bond acceptors (Lipinski definition) is 4. The second-order valence-electron chi connectivity index (χ2n) is 4.54. The molecule has 1 aromatic rings. The van der Waals surface area contributed by atoms with Crippen molar-refractivity contribution >= 4 is 11.8 Å². The first-order chi connectivity index (χ1) is 8.61. The van der Waals surface area contributed by atoms with Crippen molar-refractivity contribution in [2.75, 3.05) is 18.0 Å². The van der Waals surface area contributed by atoms with Crippen molar-refractivity contribution in [3.05, 3.63) is 23.4 Å². The van der Waals surface area contributed by atoms with E-state index in [0.717, 1.165) is 25.1 Å². The average molecular weight is 245 g/mol. The zero-order valence-corrected chi connectivity index (χ0v) is 10.3. The number of aryl methyl sites for hydroxylation is 1. The predicted octanol–water partition coefficient (Wildman–Crippen LogP) is 1.83. The first-order valence-corrected chi connectivity index (χ1v) is 5.97. The van der Waals surface area contributed by atoms with Crippen LogP contribution in [0.4, 0.5) is 5.82 Å². The summed E-state index contributed by atoms with van der Waals surface area (Å²) in [5.74, 6) is -0.526. The maximum absolute atomic E-state index is 11.2. The Hall–Kier alpha value is -2.09. The highest BCUT2D eigenvalue weighted by molar-refractivity contribution is 5.93. The van der Waals surface area contributed by atoms with Crippen LogP contribution in [0.3, 0.4) is 0 Å². The predicted molar refractivity (Wildman–Crippen MR) is 66.5 cm³/mol. The standard InChI is InChI=1S/C13H15N3O2/c1-9-4-5-11(13(17)18)12(15-9)16-6-2-3-10(7-14)8-16/h4-5,10H,2-3,6,8H2,1H3,(H,17,18). The third-order valence-corrected chi connectivity index (χ3v) is 3.15. The number of rotatable bonds is 2. The van der Waals surface area contributed by atoms with Crippen molar-refractivity contribution < 1.29 is 9.90 Å². The van der Waals surface area contributed by atoms with Gasteiger partial charge in [-0.3, -0.25) is 0 Å². The zero-order valence-electron chi connectivity index (χ0n) is 10.3. The van der Waals surface area contributed by atoms with Gasteiger partial charge in [-0.25, -0.2) is 9.78 Å². The third kappa shape index (κ3) is 2.43. The van der Waals surface area contributed by atoms with E-state index in [1.54, 1.807) is 12.1 Å². The molecule has 1 aliphatic heterocycles. The van der Waals surface area contributed by atoms with E-state index < -0.39 is 5.97 Å². The Balaban J connectivity index is 2.34. The molecular formula is C13H15N3O2. The summed E-state index contributed by atoms with van der Waals surface area (Å²) in [4.78, 5) is 17.4. The minimum Gasteiger partial charge on any atom is -0.478 e. The molecule has 1 unspecified atom stereocenters. The van der Waals surface area contributed by atoms with E-state index in [9.17, 15) is 9.90 Å². The van der Waals surface area contributed by atoms with Gasteiger partial charge in [-0.1, -0.05) is 0 Å². The molecule has 1 N–H and O–H groups in total. The van der Waals surface area contributed by atoms with E-state index in [0.29, 0.717) is 12.4 Å². The summed E-state index contributed by atoms with van der Waals surface area (Å²) in [6, 6.07) is 5.52. The van der Waals surface area contributed by atoms with E-state index in [1.807, 2.05) is 11.8 Å². The molecule has 0 amide bonds. The zero-order chi connectivity index (χ0) is 13.1. The summed E-state index contributed by atoms with van der Waals surface area (Å²) in [5.41, 5.74) is 0.994. The molecule has 1 aromatic heterocycles. The van der Waals surface area contributed by atoms with Gasteiger partial charge >= 0.3 is 5.97 Å². The molecule has 0 spiro atoms. The van der Waals surface area contributed by atoms with Gasteiger partial charge in [-0.05, 0) is 31.9 Å². The number of anilines is 1. The first-order valence-electron chi connectivity index (χ1n) is 5.97. The molecule has 0 radical (unpaired) electrons. The van der Waals surface area contributed by atoms with E-state index >= 15 is 0 Å². The van der Waals surface area contributed by atoms with E-state index in [2.05, 4.69) is 11.1 Å². The van der Waals surface area contributed by atoms with Crippen LogP contribution in [0.5, 0.6) is 0 Å². The van der Waals surface area contributed by atoms with Gasteiger partial charge < -0.3 is 10.0 Å². The van der Waals surface area contributed by atoms with Crippen LogP contribution < -0.4 is 4.90 Å². The number of nitriles is 1. The number of aromatic carboxylic acids is 1. The summed E-state index contributed by atoms with van der Waals surface area (Å²) in [6.07, 6.45) is 1.77. The van der Waals surface area contributed by atoms with Gasteiger partial charge in [0, 0.05) is 18.8 Å². The molecule has 0 aliphatic carbocycles. The van der Waals surface area contributed by atoms with Crippen LogP contribution in [0.15, 0.2) is 12.1 Å². The number of pyridine rings is 1. The number of carbonyl (C=O) groups is 1. The Labute approximate surface area is 106 Å². The van der Waals surface area contributed by atoms with Gasteiger partial charge in [-0.2, -0.15) is 5.26 Å². The van der Waals surface area contributed by atoms with E-state index in [1.165, 1.54) is 0 Å². The minimum absolute atomic E-state index is 0.0392. The topological polar surface area (TPSA) is 77.2 Å². The lowest BCUT2D eigenvalue weighted by molar-refractivity contribution is 0.0697. The summed E-state index contributed by atoms with van der Waals surface area (Å²) < 4.78 is 0. The maximum atomic E-state index is 11.2. The van der Waals surface area contributed by atoms with Crippen LogP contribution in [-0.4, -0.2) is 29.1 Å². The smallest absolute Gasteiger partial charge is 0.339 e. The summed E-state index contributed by atoms with van der Waals surface area (Å²) in [5, 5.41) is 18.2. The molecule has 18 heavy (non-hydrogen) atoms. The molecule has 1 saturated heterocycles. The quantitative estimate of drug-likeness (QED) is 0.860. The van der Waals surface area contributed by atoms with Gasteiger partial charge in [0.2, 0.25) is 0 Å². The van der Waals surface area contributed by atoms with Crippen molar-refractivity contribution in [2.45, 2.75) is 19.8 Å². The molecule has 1 aliphatic rings. The molecule has 5 nitrogen and oxygen atoms in total. The molecule has 2 rings (SSSR count). The van der Waals surface area contributed by atoms with Gasteiger partial charge in [0.25, 0.3) is 0 Å². The Bertz CT molecular complexity index is 507. The Morgan fingerprint density at radius 3 is 3.06 bits per heavy atom. The highest BCUT2D eigenvalue weighted by atomic mass is 16.4. The molecule has 1 atom stereocenters. The molecular weight excluding hydrogens is 230 g/mol. The second kappa shape index (κ2) is 5.05. The highest BCUT2D eigenvalue weighted by Crippen LogP contribution is 2.24. The van der Waals surface area contributed by atoms with Gasteiger partial charge in [0.1, 0.15) is 11.4 Å². The monoisotopic (exact) mass is 245 g/mol. The van der Waals surface area contributed by atoms with Crippen LogP contribution in [0.25, 0.3) is 0 Å². The molecule has 5 heteroatoms. The maximum Gasteiger partial charge on any atom is 0.339 e. The SMILES string of the molecule is Cc1ccc(C(=O)O)c(N2CCCC(C#N)C2)n1. The molecule has 2 heterocycles. The van der Waals surface area contributed by atoms with Crippen LogP contribution in [0.2, 0.25) is 0 Å². The van der Waals surface area contributed by atoms with Crippen molar-refractivity contribution in [2.24, 2.45) is 5.92 Å². The van der Waals surface area contributed by atoms with Crippen molar-refractivity contribution in [3.8, 4) is 6.07 Å². The van der Waals surface area contributed by atoms with E-state index in [-0.39, 0.29) is 11.5 Å². The fraction of sp³-hybridized carbons (Fsp3) is 0.462. The largest absolute Gasteiger partial charge is 0.478 e. The number of aromatic nitrogens is 1. The number of carboxylic acid groups (broad SMARTS) is 1. The van der Waals surface area contributed by atoms with Crippen LogP contribution in [-0.2, 0) is 0 Å². The van der Waals surface area contributed by atoms with E-state index in [4.69, 9.17) is 5.26 Å². The van der Waals surface area contributed by atoms with Crippen LogP contribution in [0.1, 0.15) is 28.9 Å². The number of nitrogens with zero attached hydrogens (tertiary/aromatic N) is 3. The van der Waals surface area contributed by atoms with Crippen molar-refractivity contribution in [1.82, 2.24) is 4.98 Å². The molecule has 1 fully saturated rings. The molecule has 0 aromatic carbocycles. The lowest BCUT2D eigenvalue weighted by Gasteiger charge is -2.31. The molecule has 0 saturated carbocycles. The third-order valence-electron chi connectivity index (χ3n) is 3.15. The Morgan fingerprint density at radius 2 is 2.39 bits per heavy atom. The Kier molecular flexibility index (Phi) is 3.47. The lowest BCUT2D eigenvalue weighted by Crippen LogP contribution is -2.36. The fourth-order valence-electron chi connectivity index (χ4n) is 2.23. The minimum atomic E-state index is -0.975. The summed E-state index contributed by atoms with van der Waals surface area (Å²) in [7, 11) is 0. The molecule has 94 valence electrons. The normalized spacial score (nSPS) is 19.3. The van der Waals surface area contributed by atoms with Gasteiger partial charge in [-0.15, -0.1) is 0 Å². The second-order valence-corrected chi connectivity index (χ2v) is 4.54. The number of hydrogen-bond donors (Lipinski definition) is 1. The highest BCUT2D eigenvalue weighted by Gasteiger charge is 2.24. The van der Waals surface area contributed by atoms with Gasteiger partial charge in [0.05, 0.1) is 12.0 Å². The summed E-state index contributed by atoms with van der Waals surface area (Å²) in [6.45, 7) is 3.16. The lowest BCUT2D eigenvalue weighted by atomic mass is 9.99. The van der Waals surface area contributed by atoms with Crippen molar-refractivity contribution in [1.29, 1.82) is 5.26 Å². The van der Waals surface area contributed by atoms with Crippen LogP contribution >= 0.6 is 0 Å². The number of carboxylic acids is 1.